The van der Waals surface area contributed by atoms with Crippen LogP contribution >= 0.6 is 27.3 Å². The van der Waals surface area contributed by atoms with Gasteiger partial charge >= 0.3 is 0 Å². The van der Waals surface area contributed by atoms with Crippen LogP contribution in [0.15, 0.2) is 53.0 Å². The van der Waals surface area contributed by atoms with Crippen LogP contribution in [-0.2, 0) is 0 Å². The summed E-state index contributed by atoms with van der Waals surface area (Å²) in [4.78, 5) is 0. The Labute approximate surface area is 133 Å². The minimum atomic E-state index is -0.354. The van der Waals surface area contributed by atoms with Gasteiger partial charge in [0.05, 0.1) is 6.04 Å². The standard InChI is InChI=1S/C15H11BrFN3S/c16-10-6-7-12(17)11(8-10)14-19-20-15(21-14)13(18)9-4-2-1-3-5-9/h1-8,13H,18H2. The van der Waals surface area contributed by atoms with E-state index >= 15 is 0 Å². The van der Waals surface area contributed by atoms with E-state index in [1.54, 1.807) is 12.1 Å². The third kappa shape index (κ3) is 3.02. The summed E-state index contributed by atoms with van der Waals surface area (Å²) >= 11 is 4.63. The molecule has 3 aromatic rings. The lowest BCUT2D eigenvalue weighted by Gasteiger charge is -2.07. The van der Waals surface area contributed by atoms with Crippen LogP contribution in [0.5, 0.6) is 0 Å². The highest BCUT2D eigenvalue weighted by molar-refractivity contribution is 9.10. The molecular formula is C15H11BrFN3S. The maximum atomic E-state index is 13.9. The summed E-state index contributed by atoms with van der Waals surface area (Å²) in [7, 11) is 0. The van der Waals surface area contributed by atoms with Gasteiger partial charge < -0.3 is 5.73 Å². The summed E-state index contributed by atoms with van der Waals surface area (Å²) in [6, 6.07) is 14.0. The Morgan fingerprint density at radius 1 is 1.10 bits per heavy atom. The SMILES string of the molecule is NC(c1ccccc1)c1nnc(-c2cc(Br)ccc2F)s1. The monoisotopic (exact) mass is 363 g/mol. The zero-order chi connectivity index (χ0) is 14.8. The van der Waals surface area contributed by atoms with Crippen molar-refractivity contribution < 1.29 is 4.39 Å². The molecule has 0 aliphatic heterocycles. The molecule has 0 radical (unpaired) electrons. The molecule has 1 atom stereocenters. The van der Waals surface area contributed by atoms with Crippen LogP contribution in [0.4, 0.5) is 4.39 Å². The quantitative estimate of drug-likeness (QED) is 0.760. The molecule has 0 spiro atoms. The van der Waals surface area contributed by atoms with Gasteiger partial charge in [0.25, 0.3) is 0 Å². The fourth-order valence-electron chi connectivity index (χ4n) is 1.93. The minimum absolute atomic E-state index is 0.325. The molecule has 1 heterocycles. The first-order chi connectivity index (χ1) is 10.1. The van der Waals surface area contributed by atoms with E-state index in [-0.39, 0.29) is 11.9 Å². The number of hydrogen-bond acceptors (Lipinski definition) is 4. The van der Waals surface area contributed by atoms with Gasteiger partial charge in [0.1, 0.15) is 10.8 Å². The summed E-state index contributed by atoms with van der Waals surface area (Å²) in [6.07, 6.45) is 0. The van der Waals surface area contributed by atoms with Gasteiger partial charge in [-0.1, -0.05) is 57.6 Å². The van der Waals surface area contributed by atoms with E-state index in [0.717, 1.165) is 10.0 Å². The molecule has 0 saturated carbocycles. The Balaban J connectivity index is 1.95. The average molecular weight is 364 g/mol. The van der Waals surface area contributed by atoms with Crippen molar-refractivity contribution in [3.05, 3.63) is 69.4 Å². The van der Waals surface area contributed by atoms with Gasteiger partial charge in [-0.3, -0.25) is 0 Å². The zero-order valence-corrected chi connectivity index (χ0v) is 13.2. The zero-order valence-electron chi connectivity index (χ0n) is 10.8. The average Bonchev–Trinajstić information content (AvgIpc) is 2.99. The molecule has 1 aromatic heterocycles. The first-order valence-corrected chi connectivity index (χ1v) is 7.85. The van der Waals surface area contributed by atoms with Crippen molar-refractivity contribution in [3.63, 3.8) is 0 Å². The summed E-state index contributed by atoms with van der Waals surface area (Å²) in [5.41, 5.74) is 7.56. The Morgan fingerprint density at radius 2 is 1.86 bits per heavy atom. The summed E-state index contributed by atoms with van der Waals surface area (Å²) < 4.78 is 14.7. The van der Waals surface area contributed by atoms with E-state index in [1.165, 1.54) is 17.4 Å². The number of halogens is 2. The molecular weight excluding hydrogens is 353 g/mol. The van der Waals surface area contributed by atoms with Crippen LogP contribution in [0.3, 0.4) is 0 Å². The van der Waals surface area contributed by atoms with Crippen molar-refractivity contribution in [1.29, 1.82) is 0 Å². The van der Waals surface area contributed by atoms with Crippen molar-refractivity contribution >= 4 is 27.3 Å². The van der Waals surface area contributed by atoms with Crippen LogP contribution < -0.4 is 5.73 Å². The van der Waals surface area contributed by atoms with Gasteiger partial charge in [0, 0.05) is 10.0 Å². The van der Waals surface area contributed by atoms with Gasteiger partial charge in [-0.15, -0.1) is 10.2 Å². The highest BCUT2D eigenvalue weighted by Gasteiger charge is 2.17. The molecule has 0 aliphatic rings. The van der Waals surface area contributed by atoms with Gasteiger partial charge in [0.2, 0.25) is 0 Å². The van der Waals surface area contributed by atoms with E-state index < -0.39 is 0 Å². The second-order valence-electron chi connectivity index (χ2n) is 4.46. The Morgan fingerprint density at radius 3 is 2.62 bits per heavy atom. The van der Waals surface area contributed by atoms with E-state index in [2.05, 4.69) is 26.1 Å². The van der Waals surface area contributed by atoms with Crippen LogP contribution in [0, 0.1) is 5.82 Å². The van der Waals surface area contributed by atoms with Gasteiger partial charge in [-0.25, -0.2) is 4.39 Å². The Bertz CT molecular complexity index is 761. The molecule has 2 aromatic carbocycles. The third-order valence-corrected chi connectivity index (χ3v) is 4.56. The van der Waals surface area contributed by atoms with Gasteiger partial charge in [0.15, 0.2) is 5.01 Å². The summed E-state index contributed by atoms with van der Waals surface area (Å²) in [5, 5.41) is 9.35. The van der Waals surface area contributed by atoms with Crippen LogP contribution in [0.2, 0.25) is 0 Å². The predicted molar refractivity (Wildman–Crippen MR) is 85.5 cm³/mol. The van der Waals surface area contributed by atoms with E-state index in [1.807, 2.05) is 30.3 Å². The van der Waals surface area contributed by atoms with E-state index in [9.17, 15) is 4.39 Å². The Hall–Kier alpha value is -1.63. The molecule has 0 bridgehead atoms. The molecule has 0 aliphatic carbocycles. The number of aromatic nitrogens is 2. The lowest BCUT2D eigenvalue weighted by atomic mass is 10.1. The maximum Gasteiger partial charge on any atom is 0.150 e. The molecule has 6 heteroatoms. The number of nitrogens with two attached hydrogens (primary N) is 1. The first-order valence-electron chi connectivity index (χ1n) is 6.24. The normalized spacial score (nSPS) is 12.3. The second-order valence-corrected chi connectivity index (χ2v) is 6.38. The van der Waals surface area contributed by atoms with Crippen molar-refractivity contribution in [1.82, 2.24) is 10.2 Å². The van der Waals surface area contributed by atoms with Gasteiger partial charge in [-0.05, 0) is 23.8 Å². The smallest absolute Gasteiger partial charge is 0.150 e. The molecule has 0 fully saturated rings. The van der Waals surface area contributed by atoms with E-state index in [0.29, 0.717) is 15.6 Å². The van der Waals surface area contributed by atoms with Crippen molar-refractivity contribution in [3.8, 4) is 10.6 Å². The molecule has 0 saturated heterocycles. The molecule has 1 unspecified atom stereocenters. The Kier molecular flexibility index (Phi) is 4.10. The number of rotatable bonds is 3. The third-order valence-electron chi connectivity index (χ3n) is 3.02. The number of nitrogens with zero attached hydrogens (tertiary/aromatic N) is 2. The summed E-state index contributed by atoms with van der Waals surface area (Å²) in [5.74, 6) is -0.325. The fourth-order valence-corrected chi connectivity index (χ4v) is 3.19. The fraction of sp³-hybridized carbons (Fsp3) is 0.0667. The predicted octanol–water partition coefficient (Wildman–Crippen LogP) is 4.15. The first kappa shape index (κ1) is 14.3. The number of hydrogen-bond donors (Lipinski definition) is 1. The maximum absolute atomic E-state index is 13.9. The minimum Gasteiger partial charge on any atom is -0.318 e. The lowest BCUT2D eigenvalue weighted by Crippen LogP contribution is -2.11. The van der Waals surface area contributed by atoms with Gasteiger partial charge in [-0.2, -0.15) is 0 Å². The summed E-state index contributed by atoms with van der Waals surface area (Å²) in [6.45, 7) is 0. The van der Waals surface area contributed by atoms with Crippen molar-refractivity contribution in [2.45, 2.75) is 6.04 Å². The highest BCUT2D eigenvalue weighted by atomic mass is 79.9. The lowest BCUT2D eigenvalue weighted by molar-refractivity contribution is 0.630. The molecule has 2 N–H and O–H groups in total. The van der Waals surface area contributed by atoms with Crippen LogP contribution in [0.25, 0.3) is 10.6 Å². The molecule has 3 nitrogen and oxygen atoms in total. The molecule has 21 heavy (non-hydrogen) atoms. The molecule has 3 rings (SSSR count). The van der Waals surface area contributed by atoms with Crippen molar-refractivity contribution in [2.75, 3.05) is 0 Å². The van der Waals surface area contributed by atoms with Crippen LogP contribution in [-0.4, -0.2) is 10.2 Å². The van der Waals surface area contributed by atoms with Crippen molar-refractivity contribution in [2.24, 2.45) is 5.73 Å². The van der Waals surface area contributed by atoms with E-state index in [4.69, 9.17) is 5.73 Å². The second kappa shape index (κ2) is 6.01. The molecule has 0 amide bonds. The highest BCUT2D eigenvalue weighted by Crippen LogP contribution is 2.31. The topological polar surface area (TPSA) is 51.8 Å². The largest absolute Gasteiger partial charge is 0.318 e. The van der Waals surface area contributed by atoms with Crippen LogP contribution in [0.1, 0.15) is 16.6 Å². The molecule has 106 valence electrons. The number of benzene rings is 2.